The van der Waals surface area contributed by atoms with Crippen LogP contribution in [0.2, 0.25) is 0 Å². The topological polar surface area (TPSA) is 54.4 Å². The number of hydrogen-bond donors (Lipinski definition) is 1. The molecule has 2 aliphatic rings. The first kappa shape index (κ1) is 19.0. The van der Waals surface area contributed by atoms with Crippen LogP contribution in [0.1, 0.15) is 5.56 Å². The van der Waals surface area contributed by atoms with Crippen LogP contribution in [0.5, 0.6) is 17.2 Å². The van der Waals surface area contributed by atoms with Crippen molar-refractivity contribution in [1.29, 1.82) is 0 Å². The van der Waals surface area contributed by atoms with Gasteiger partial charge in [-0.05, 0) is 42.0 Å². The highest BCUT2D eigenvalue weighted by atomic mass is 19.1. The van der Waals surface area contributed by atoms with E-state index in [-0.39, 0.29) is 12.4 Å². The number of aliphatic hydroxyl groups is 1. The van der Waals surface area contributed by atoms with Crippen molar-refractivity contribution in [2.75, 3.05) is 46.1 Å². The molecule has 6 nitrogen and oxygen atoms in total. The minimum absolute atomic E-state index is 0.197. The highest BCUT2D eigenvalue weighted by Crippen LogP contribution is 2.32. The van der Waals surface area contributed by atoms with Gasteiger partial charge in [-0.3, -0.25) is 9.80 Å². The first-order valence-corrected chi connectivity index (χ1v) is 9.55. The third-order valence-electron chi connectivity index (χ3n) is 5.03. The molecule has 150 valence electrons. The van der Waals surface area contributed by atoms with E-state index in [1.807, 2.05) is 12.1 Å². The monoisotopic (exact) mass is 388 g/mol. The normalized spacial score (nSPS) is 18.2. The van der Waals surface area contributed by atoms with Crippen LogP contribution in [0.25, 0.3) is 0 Å². The number of aliphatic hydroxyl groups excluding tert-OH is 1. The van der Waals surface area contributed by atoms with Crippen LogP contribution in [0.4, 0.5) is 4.39 Å². The largest absolute Gasteiger partial charge is 0.491 e. The Morgan fingerprint density at radius 1 is 0.964 bits per heavy atom. The summed E-state index contributed by atoms with van der Waals surface area (Å²) >= 11 is 0. The summed E-state index contributed by atoms with van der Waals surface area (Å²) in [6.07, 6.45) is -0.578. The highest BCUT2D eigenvalue weighted by molar-refractivity contribution is 5.44. The number of halogens is 1. The summed E-state index contributed by atoms with van der Waals surface area (Å²) < 4.78 is 29.2. The van der Waals surface area contributed by atoms with Crippen LogP contribution >= 0.6 is 0 Å². The summed E-state index contributed by atoms with van der Waals surface area (Å²) in [6.45, 7) is 5.63. The van der Waals surface area contributed by atoms with Gasteiger partial charge in [0.1, 0.15) is 24.3 Å². The molecule has 1 fully saturated rings. The van der Waals surface area contributed by atoms with E-state index in [1.165, 1.54) is 17.7 Å². The zero-order valence-electron chi connectivity index (χ0n) is 15.7. The second kappa shape index (κ2) is 8.77. The Morgan fingerprint density at radius 3 is 2.46 bits per heavy atom. The fourth-order valence-electron chi connectivity index (χ4n) is 3.50. The molecule has 0 radical (unpaired) electrons. The van der Waals surface area contributed by atoms with Crippen LogP contribution < -0.4 is 14.2 Å². The average Bonchev–Trinajstić information content (AvgIpc) is 3.17. The maximum absolute atomic E-state index is 12.9. The van der Waals surface area contributed by atoms with Gasteiger partial charge in [-0.2, -0.15) is 0 Å². The number of β-amino-alcohol motifs (C(OH)–C–C–N with tert-alkyl or cyclic N) is 1. The Kier molecular flexibility index (Phi) is 5.95. The van der Waals surface area contributed by atoms with Gasteiger partial charge < -0.3 is 19.3 Å². The molecule has 2 aromatic carbocycles. The lowest BCUT2D eigenvalue weighted by Gasteiger charge is -2.35. The lowest BCUT2D eigenvalue weighted by Crippen LogP contribution is -2.48. The fraction of sp³-hybridized carbons (Fsp3) is 0.429. The van der Waals surface area contributed by atoms with Gasteiger partial charge >= 0.3 is 0 Å². The smallest absolute Gasteiger partial charge is 0.231 e. The summed E-state index contributed by atoms with van der Waals surface area (Å²) in [5.74, 6) is 1.89. The van der Waals surface area contributed by atoms with Crippen molar-refractivity contribution >= 4 is 0 Å². The Labute approximate surface area is 164 Å². The second-order valence-electron chi connectivity index (χ2n) is 7.18. The average molecular weight is 388 g/mol. The Bertz CT molecular complexity index is 778. The number of nitrogens with zero attached hydrogens (tertiary/aromatic N) is 2. The molecule has 28 heavy (non-hydrogen) atoms. The van der Waals surface area contributed by atoms with E-state index in [4.69, 9.17) is 14.2 Å². The third-order valence-corrected chi connectivity index (χ3v) is 5.03. The minimum atomic E-state index is -0.578. The zero-order chi connectivity index (χ0) is 19.3. The Hall–Kier alpha value is -2.35. The van der Waals surface area contributed by atoms with Gasteiger partial charge in [-0.1, -0.05) is 6.07 Å². The van der Waals surface area contributed by atoms with Gasteiger partial charge in [0.15, 0.2) is 11.5 Å². The van der Waals surface area contributed by atoms with Crippen LogP contribution in [0.3, 0.4) is 0 Å². The van der Waals surface area contributed by atoms with Crippen molar-refractivity contribution in [1.82, 2.24) is 9.80 Å². The molecule has 0 spiro atoms. The molecule has 2 heterocycles. The molecule has 0 aliphatic carbocycles. The van der Waals surface area contributed by atoms with E-state index >= 15 is 0 Å². The van der Waals surface area contributed by atoms with Crippen molar-refractivity contribution < 1.29 is 23.7 Å². The lowest BCUT2D eigenvalue weighted by atomic mass is 10.1. The summed E-state index contributed by atoms with van der Waals surface area (Å²) in [4.78, 5) is 4.64. The van der Waals surface area contributed by atoms with Crippen LogP contribution in [0.15, 0.2) is 42.5 Å². The summed E-state index contributed by atoms with van der Waals surface area (Å²) in [5, 5.41) is 10.2. The van der Waals surface area contributed by atoms with E-state index in [9.17, 15) is 9.50 Å². The summed E-state index contributed by atoms with van der Waals surface area (Å²) in [5.41, 5.74) is 1.21. The van der Waals surface area contributed by atoms with Crippen molar-refractivity contribution in [2.45, 2.75) is 12.6 Å². The molecule has 1 saturated heterocycles. The third kappa shape index (κ3) is 4.92. The molecule has 2 aliphatic heterocycles. The maximum atomic E-state index is 12.9. The van der Waals surface area contributed by atoms with Crippen LogP contribution in [-0.4, -0.2) is 67.1 Å². The summed E-state index contributed by atoms with van der Waals surface area (Å²) in [6, 6.07) is 11.9. The van der Waals surface area contributed by atoms with E-state index in [2.05, 4.69) is 15.9 Å². The van der Waals surface area contributed by atoms with Crippen molar-refractivity contribution in [3.63, 3.8) is 0 Å². The highest BCUT2D eigenvalue weighted by Gasteiger charge is 2.20. The standard InChI is InChI=1S/C21H25FN2O4/c22-17-2-4-19(5-3-17)26-14-18(25)13-24-9-7-23(8-10-24)12-16-1-6-20-21(11-16)28-15-27-20/h1-6,11,18,25H,7-10,12-15H2. The first-order valence-electron chi connectivity index (χ1n) is 9.55. The molecule has 0 aromatic heterocycles. The molecular formula is C21H25FN2O4. The van der Waals surface area contributed by atoms with Gasteiger partial charge in [0.25, 0.3) is 0 Å². The fourth-order valence-corrected chi connectivity index (χ4v) is 3.50. The van der Waals surface area contributed by atoms with Crippen molar-refractivity contribution in [3.05, 3.63) is 53.8 Å². The maximum Gasteiger partial charge on any atom is 0.231 e. The number of piperazine rings is 1. The first-order chi connectivity index (χ1) is 13.7. The summed E-state index contributed by atoms with van der Waals surface area (Å²) in [7, 11) is 0. The molecule has 0 bridgehead atoms. The Morgan fingerprint density at radius 2 is 1.68 bits per heavy atom. The van der Waals surface area contributed by atoms with Crippen molar-refractivity contribution in [2.24, 2.45) is 0 Å². The van der Waals surface area contributed by atoms with Crippen LogP contribution in [0, 0.1) is 5.82 Å². The Balaban J connectivity index is 1.18. The number of ether oxygens (including phenoxy) is 3. The van der Waals surface area contributed by atoms with Gasteiger partial charge in [-0.15, -0.1) is 0 Å². The molecule has 2 aromatic rings. The van der Waals surface area contributed by atoms with Gasteiger partial charge in [-0.25, -0.2) is 4.39 Å². The van der Waals surface area contributed by atoms with E-state index in [0.29, 0.717) is 19.1 Å². The molecule has 1 N–H and O–H groups in total. The van der Waals surface area contributed by atoms with Crippen molar-refractivity contribution in [3.8, 4) is 17.2 Å². The lowest BCUT2D eigenvalue weighted by molar-refractivity contribution is 0.0446. The molecule has 0 saturated carbocycles. The van der Waals surface area contributed by atoms with Gasteiger partial charge in [0, 0.05) is 39.3 Å². The molecule has 0 amide bonds. The minimum Gasteiger partial charge on any atom is -0.491 e. The number of rotatable bonds is 7. The zero-order valence-corrected chi connectivity index (χ0v) is 15.7. The number of fused-ring (bicyclic) bond motifs is 1. The molecular weight excluding hydrogens is 363 g/mol. The molecule has 4 rings (SSSR count). The second-order valence-corrected chi connectivity index (χ2v) is 7.18. The molecule has 1 atom stereocenters. The predicted molar refractivity (Wildman–Crippen MR) is 102 cm³/mol. The quantitative estimate of drug-likeness (QED) is 0.784. The van der Waals surface area contributed by atoms with E-state index in [1.54, 1.807) is 12.1 Å². The molecule has 7 heteroatoms. The van der Waals surface area contributed by atoms with E-state index in [0.717, 1.165) is 44.2 Å². The molecule has 1 unspecified atom stereocenters. The number of hydrogen-bond acceptors (Lipinski definition) is 6. The van der Waals surface area contributed by atoms with E-state index < -0.39 is 6.10 Å². The SMILES string of the molecule is OC(COc1ccc(F)cc1)CN1CCN(Cc2ccc3c(c2)OCO3)CC1. The van der Waals surface area contributed by atoms with Gasteiger partial charge in [0.05, 0.1) is 0 Å². The van der Waals surface area contributed by atoms with Gasteiger partial charge in [0.2, 0.25) is 6.79 Å². The number of benzene rings is 2. The van der Waals surface area contributed by atoms with Crippen LogP contribution in [-0.2, 0) is 6.54 Å². The predicted octanol–water partition coefficient (Wildman–Crippen LogP) is 2.11.